The minimum atomic E-state index is -0.720. The summed E-state index contributed by atoms with van der Waals surface area (Å²) in [5.41, 5.74) is 6.57. The highest BCUT2D eigenvalue weighted by Crippen LogP contribution is 2.32. The molecule has 176 valence electrons. The molecule has 0 saturated heterocycles. The van der Waals surface area contributed by atoms with Crippen LogP contribution in [0.2, 0.25) is 0 Å². The number of anilines is 2. The molecule has 0 atom stereocenters. The maximum Gasteiger partial charge on any atom is 0.270 e. The first-order valence-electron chi connectivity index (χ1n) is 10.7. The molecule has 2 aromatic heterocycles. The third kappa shape index (κ3) is 5.62. The number of halogens is 1. The van der Waals surface area contributed by atoms with E-state index < -0.39 is 11.7 Å². The summed E-state index contributed by atoms with van der Waals surface area (Å²) in [5, 5.41) is 4.27. The van der Waals surface area contributed by atoms with Crippen LogP contribution in [0, 0.1) is 5.82 Å². The van der Waals surface area contributed by atoms with E-state index >= 15 is 0 Å². The third-order valence-electron chi connectivity index (χ3n) is 4.86. The van der Waals surface area contributed by atoms with Crippen molar-refractivity contribution < 1.29 is 23.6 Å². The van der Waals surface area contributed by atoms with E-state index in [1.165, 1.54) is 17.3 Å². The molecule has 3 aromatic rings. The average Bonchev–Trinajstić information content (AvgIpc) is 3.66. The van der Waals surface area contributed by atoms with Gasteiger partial charge in [-0.1, -0.05) is 6.07 Å². The van der Waals surface area contributed by atoms with Crippen LogP contribution in [-0.2, 0) is 11.4 Å². The van der Waals surface area contributed by atoms with Gasteiger partial charge in [0.05, 0.1) is 35.9 Å². The van der Waals surface area contributed by atoms with Gasteiger partial charge >= 0.3 is 0 Å². The van der Waals surface area contributed by atoms with Crippen LogP contribution in [-0.4, -0.2) is 39.4 Å². The predicted molar refractivity (Wildman–Crippen MR) is 120 cm³/mol. The minimum Gasteiger partial charge on any atom is -0.486 e. The molecule has 3 N–H and O–H groups in total. The van der Waals surface area contributed by atoms with Gasteiger partial charge in [0.1, 0.15) is 18.1 Å². The summed E-state index contributed by atoms with van der Waals surface area (Å²) >= 11 is 0. The number of benzene rings is 1. The zero-order valence-electron chi connectivity index (χ0n) is 18.4. The van der Waals surface area contributed by atoms with Crippen molar-refractivity contribution >= 4 is 23.2 Å². The summed E-state index contributed by atoms with van der Waals surface area (Å²) in [6.07, 6.45) is 5.24. The van der Waals surface area contributed by atoms with E-state index in [2.05, 4.69) is 20.3 Å². The first kappa shape index (κ1) is 23.1. The quantitative estimate of drug-likeness (QED) is 0.436. The highest BCUT2D eigenvalue weighted by molar-refractivity contribution is 6.01. The van der Waals surface area contributed by atoms with Crippen molar-refractivity contribution in [3.05, 3.63) is 71.8 Å². The van der Waals surface area contributed by atoms with E-state index in [1.807, 2.05) is 0 Å². The van der Waals surface area contributed by atoms with Gasteiger partial charge in [-0.3, -0.25) is 19.4 Å². The minimum absolute atomic E-state index is 0.0195. The maximum atomic E-state index is 13.0. The number of carbonyl (C=O) groups excluding carboxylic acids is 2. The Morgan fingerprint density at radius 2 is 1.94 bits per heavy atom. The molecule has 1 fully saturated rings. The summed E-state index contributed by atoms with van der Waals surface area (Å²) < 4.78 is 18.7. The van der Waals surface area contributed by atoms with E-state index in [1.54, 1.807) is 31.2 Å². The van der Waals surface area contributed by atoms with Crippen LogP contribution in [0.15, 0.2) is 48.9 Å². The maximum absolute atomic E-state index is 13.0. The third-order valence-corrected chi connectivity index (χ3v) is 4.86. The summed E-state index contributed by atoms with van der Waals surface area (Å²) in [7, 11) is 0. The Balaban J connectivity index is 1.62. The number of primary amides is 1. The van der Waals surface area contributed by atoms with Crippen molar-refractivity contribution in [2.75, 3.05) is 11.7 Å². The number of nitrogens with one attached hydrogen (secondary N) is 1. The molecule has 1 aliphatic carbocycles. The number of rotatable bonds is 10. The van der Waals surface area contributed by atoms with Gasteiger partial charge in [0, 0.05) is 18.3 Å². The molecule has 1 aliphatic rings. The lowest BCUT2D eigenvalue weighted by molar-refractivity contribution is 0.0942. The number of nitrogens with zero attached hydrogens (tertiary/aromatic N) is 4. The van der Waals surface area contributed by atoms with E-state index in [-0.39, 0.29) is 42.1 Å². The second kappa shape index (κ2) is 10.2. The fourth-order valence-corrected chi connectivity index (χ4v) is 3.09. The lowest BCUT2D eigenvalue weighted by Gasteiger charge is -2.25. The number of ether oxygens (including phenoxy) is 1. The lowest BCUT2D eigenvalue weighted by atomic mass is 10.1. The Morgan fingerprint density at radius 3 is 2.62 bits per heavy atom. The van der Waals surface area contributed by atoms with Gasteiger partial charge in [0.2, 0.25) is 0 Å². The van der Waals surface area contributed by atoms with Crippen LogP contribution < -0.4 is 20.9 Å². The van der Waals surface area contributed by atoms with E-state index in [0.29, 0.717) is 17.3 Å². The van der Waals surface area contributed by atoms with Crippen molar-refractivity contribution in [1.29, 1.82) is 0 Å². The van der Waals surface area contributed by atoms with Crippen LogP contribution in [0.25, 0.3) is 0 Å². The summed E-state index contributed by atoms with van der Waals surface area (Å²) in [6.45, 7) is 2.06. The Bertz CT molecular complexity index is 1190. The van der Waals surface area contributed by atoms with Gasteiger partial charge in [-0.25, -0.2) is 19.4 Å². The van der Waals surface area contributed by atoms with Gasteiger partial charge in [-0.15, -0.1) is 0 Å². The molecule has 0 bridgehead atoms. The van der Waals surface area contributed by atoms with Crippen LogP contribution >= 0.6 is 0 Å². The van der Waals surface area contributed by atoms with Gasteiger partial charge in [-0.05, 0) is 38.0 Å². The molecule has 0 aliphatic heterocycles. The number of hydrogen-bond acceptors (Lipinski definition) is 8. The van der Waals surface area contributed by atoms with Crippen LogP contribution in [0.5, 0.6) is 5.75 Å². The predicted octanol–water partition coefficient (Wildman–Crippen LogP) is 2.67. The number of aromatic nitrogens is 3. The Labute approximate surface area is 194 Å². The van der Waals surface area contributed by atoms with Crippen LogP contribution in [0.3, 0.4) is 0 Å². The lowest BCUT2D eigenvalue weighted by Crippen LogP contribution is -2.28. The average molecular weight is 466 g/mol. The number of hydrogen-bond donors (Lipinski definition) is 2. The monoisotopic (exact) mass is 466 g/mol. The zero-order chi connectivity index (χ0) is 24.1. The molecule has 2 amide bonds. The van der Waals surface area contributed by atoms with Crippen LogP contribution in [0.4, 0.5) is 15.8 Å². The Kier molecular flexibility index (Phi) is 6.93. The van der Waals surface area contributed by atoms with Crippen molar-refractivity contribution in [3.63, 3.8) is 0 Å². The second-order valence-corrected chi connectivity index (χ2v) is 7.51. The van der Waals surface area contributed by atoms with Gasteiger partial charge in [0.25, 0.3) is 11.8 Å². The molecule has 34 heavy (non-hydrogen) atoms. The number of pyridine rings is 1. The molecule has 0 unspecified atom stereocenters. The first-order chi connectivity index (χ1) is 16.4. The molecule has 10 nitrogen and oxygen atoms in total. The summed E-state index contributed by atoms with van der Waals surface area (Å²) in [4.78, 5) is 42.3. The normalized spacial score (nSPS) is 12.8. The fraction of sp³-hybridized carbons (Fsp3) is 0.261. The number of amides is 2. The van der Waals surface area contributed by atoms with E-state index in [4.69, 9.17) is 15.3 Å². The van der Waals surface area contributed by atoms with Gasteiger partial charge < -0.3 is 15.8 Å². The van der Waals surface area contributed by atoms with E-state index in [0.717, 1.165) is 25.2 Å². The largest absolute Gasteiger partial charge is 0.486 e. The first-order valence-corrected chi connectivity index (χ1v) is 10.7. The SMILES string of the molecule is CCON(c1cccc(OCc2ncc(F)cn2)c1)c1cc(C(=O)NC2CC2)ncc1C(N)=O. The molecular formula is C23H23FN6O4. The molecule has 11 heteroatoms. The second-order valence-electron chi connectivity index (χ2n) is 7.51. The molecule has 0 radical (unpaired) electrons. The summed E-state index contributed by atoms with van der Waals surface area (Å²) in [5.74, 6) is -0.831. The van der Waals surface area contributed by atoms with Crippen molar-refractivity contribution in [2.24, 2.45) is 5.73 Å². The highest BCUT2D eigenvalue weighted by Gasteiger charge is 2.26. The molecular weight excluding hydrogens is 443 g/mol. The Morgan fingerprint density at radius 1 is 1.18 bits per heavy atom. The topological polar surface area (TPSA) is 133 Å². The number of carbonyl (C=O) groups is 2. The van der Waals surface area contributed by atoms with Crippen molar-refractivity contribution in [2.45, 2.75) is 32.4 Å². The van der Waals surface area contributed by atoms with Crippen molar-refractivity contribution in [3.8, 4) is 5.75 Å². The van der Waals surface area contributed by atoms with E-state index in [9.17, 15) is 14.0 Å². The van der Waals surface area contributed by atoms with Crippen LogP contribution in [0.1, 0.15) is 46.4 Å². The summed E-state index contributed by atoms with van der Waals surface area (Å²) in [6, 6.07) is 8.48. The molecule has 0 spiro atoms. The Hall–Kier alpha value is -4.12. The smallest absolute Gasteiger partial charge is 0.270 e. The number of nitrogens with two attached hydrogens (primary N) is 1. The fourth-order valence-electron chi connectivity index (χ4n) is 3.09. The zero-order valence-corrected chi connectivity index (χ0v) is 18.4. The standard InChI is InChI=1S/C23H23FN6O4/c1-2-34-30(16-4-3-5-17(8-16)33-13-21-27-10-14(24)11-28-21)20-9-19(23(32)29-15-6-7-15)26-12-18(20)22(25)31/h3-5,8-12,15H,2,6-7,13H2,1H3,(H2,25,31)(H,29,32). The molecule has 4 rings (SSSR count). The molecule has 1 aromatic carbocycles. The van der Waals surface area contributed by atoms with Crippen molar-refractivity contribution in [1.82, 2.24) is 20.3 Å². The molecule has 1 saturated carbocycles. The highest BCUT2D eigenvalue weighted by atomic mass is 19.1. The van der Waals surface area contributed by atoms with Gasteiger partial charge in [0.15, 0.2) is 11.6 Å². The van der Waals surface area contributed by atoms with Gasteiger partial charge in [-0.2, -0.15) is 0 Å². The molecule has 2 heterocycles.